The number of aromatic amines is 1. The summed E-state index contributed by atoms with van der Waals surface area (Å²) in [4.78, 5) is 34.2. The first-order valence-corrected chi connectivity index (χ1v) is 7.53. The lowest BCUT2D eigenvalue weighted by atomic mass is 10.2. The first-order chi connectivity index (χ1) is 12.5. The van der Waals surface area contributed by atoms with Gasteiger partial charge in [0.25, 0.3) is 5.56 Å². The predicted octanol–water partition coefficient (Wildman–Crippen LogP) is 0.757. The van der Waals surface area contributed by atoms with Crippen molar-refractivity contribution in [1.29, 1.82) is 0 Å². The summed E-state index contributed by atoms with van der Waals surface area (Å²) in [6.07, 6.45) is 3.86. The molecule has 0 bridgehead atoms. The topological polar surface area (TPSA) is 139 Å². The van der Waals surface area contributed by atoms with Crippen molar-refractivity contribution in [2.24, 2.45) is 0 Å². The van der Waals surface area contributed by atoms with Crippen LogP contribution in [0.3, 0.4) is 0 Å². The lowest BCUT2D eigenvalue weighted by Crippen LogP contribution is -2.15. The van der Waals surface area contributed by atoms with Crippen LogP contribution in [-0.2, 0) is 6.54 Å². The smallest absolute Gasteiger partial charge is 0.338 e. The molecular formula is C16H12N6O4. The molecule has 3 heterocycles. The molecule has 26 heavy (non-hydrogen) atoms. The Morgan fingerprint density at radius 3 is 2.81 bits per heavy atom. The van der Waals surface area contributed by atoms with Crippen LogP contribution in [0.5, 0.6) is 5.75 Å². The molecule has 10 nitrogen and oxygen atoms in total. The number of aromatic nitrogens is 6. The Bertz CT molecular complexity index is 1190. The number of carboxylic acids is 1. The van der Waals surface area contributed by atoms with Gasteiger partial charge in [-0.3, -0.25) is 9.78 Å². The van der Waals surface area contributed by atoms with Crippen molar-refractivity contribution in [1.82, 2.24) is 29.3 Å². The molecule has 0 saturated heterocycles. The summed E-state index contributed by atoms with van der Waals surface area (Å²) < 4.78 is 2.78. The normalized spacial score (nSPS) is 11.1. The van der Waals surface area contributed by atoms with E-state index in [0.29, 0.717) is 11.2 Å². The zero-order valence-corrected chi connectivity index (χ0v) is 13.2. The molecule has 0 aliphatic heterocycles. The Hall–Kier alpha value is -3.95. The monoisotopic (exact) mass is 352 g/mol. The number of imidazole rings is 1. The van der Waals surface area contributed by atoms with Gasteiger partial charge in [0.2, 0.25) is 5.95 Å². The maximum atomic E-state index is 12.3. The molecule has 130 valence electrons. The molecule has 3 N–H and O–H groups in total. The van der Waals surface area contributed by atoms with Crippen LogP contribution in [-0.4, -0.2) is 45.5 Å². The third-order valence-corrected chi connectivity index (χ3v) is 3.84. The number of hydrogen-bond donors (Lipinski definition) is 3. The fourth-order valence-electron chi connectivity index (χ4n) is 2.54. The number of benzene rings is 1. The minimum atomic E-state index is -1.13. The van der Waals surface area contributed by atoms with Gasteiger partial charge in [0.05, 0.1) is 24.6 Å². The molecule has 0 radical (unpaired) electrons. The predicted molar refractivity (Wildman–Crippen MR) is 89.4 cm³/mol. The van der Waals surface area contributed by atoms with Crippen LogP contribution in [0.4, 0.5) is 0 Å². The first kappa shape index (κ1) is 15.6. The van der Waals surface area contributed by atoms with E-state index in [1.807, 2.05) is 0 Å². The van der Waals surface area contributed by atoms with Gasteiger partial charge in [0.1, 0.15) is 5.75 Å². The second-order valence-corrected chi connectivity index (χ2v) is 5.54. The maximum Gasteiger partial charge on any atom is 0.338 e. The summed E-state index contributed by atoms with van der Waals surface area (Å²) in [6, 6.07) is 6.82. The Kier molecular flexibility index (Phi) is 3.50. The minimum Gasteiger partial charge on any atom is -0.508 e. The van der Waals surface area contributed by atoms with Crippen LogP contribution in [0.2, 0.25) is 0 Å². The lowest BCUT2D eigenvalue weighted by molar-refractivity contribution is 0.0697. The molecule has 0 amide bonds. The number of aromatic carboxylic acids is 1. The van der Waals surface area contributed by atoms with Gasteiger partial charge in [-0.05, 0) is 6.07 Å². The quantitative estimate of drug-likeness (QED) is 0.492. The number of H-pyrrole nitrogens is 1. The highest BCUT2D eigenvalue weighted by atomic mass is 16.4. The van der Waals surface area contributed by atoms with Crippen LogP contribution >= 0.6 is 0 Å². The number of nitrogens with one attached hydrogen (secondary N) is 1. The number of hydrogen-bond acceptors (Lipinski definition) is 6. The van der Waals surface area contributed by atoms with Gasteiger partial charge >= 0.3 is 5.97 Å². The number of carboxylic acid groups (broad SMARTS) is 1. The molecular weight excluding hydrogens is 340 g/mol. The second-order valence-electron chi connectivity index (χ2n) is 5.54. The van der Waals surface area contributed by atoms with E-state index < -0.39 is 11.5 Å². The third kappa shape index (κ3) is 2.59. The van der Waals surface area contributed by atoms with Gasteiger partial charge in [0.15, 0.2) is 11.2 Å². The van der Waals surface area contributed by atoms with E-state index in [4.69, 9.17) is 5.11 Å². The van der Waals surface area contributed by atoms with E-state index in [-0.39, 0.29) is 29.3 Å². The van der Waals surface area contributed by atoms with Gasteiger partial charge in [0, 0.05) is 11.8 Å². The third-order valence-electron chi connectivity index (χ3n) is 3.84. The average molecular weight is 352 g/mol. The molecule has 10 heteroatoms. The zero-order chi connectivity index (χ0) is 18.3. The first-order valence-electron chi connectivity index (χ1n) is 7.53. The molecule has 3 aromatic heterocycles. The molecule has 0 fully saturated rings. The molecule has 1 aromatic carbocycles. The fraction of sp³-hybridized carbons (Fsp3) is 0.0625. The van der Waals surface area contributed by atoms with Crippen molar-refractivity contribution >= 4 is 17.1 Å². The van der Waals surface area contributed by atoms with Gasteiger partial charge in [-0.2, -0.15) is 10.1 Å². The van der Waals surface area contributed by atoms with Gasteiger partial charge in [-0.25, -0.2) is 14.5 Å². The van der Waals surface area contributed by atoms with Crippen LogP contribution in [0.25, 0.3) is 17.1 Å². The number of para-hydroxylation sites is 1. The summed E-state index contributed by atoms with van der Waals surface area (Å²) in [5, 5.41) is 22.8. The highest BCUT2D eigenvalue weighted by Crippen LogP contribution is 2.18. The standard InChI is InChI=1S/C16H12N6O4/c23-11-4-2-1-3-9(11)6-21-8-17-12-13(21)19-16(20-14(12)24)22-7-10(5-18-22)15(25)26/h1-5,7-8,23H,6H2,(H,25,26)(H,19,20,24). The van der Waals surface area contributed by atoms with Crippen molar-refractivity contribution in [2.45, 2.75) is 6.54 Å². The molecule has 0 aliphatic rings. The average Bonchev–Trinajstić information content (AvgIpc) is 3.25. The van der Waals surface area contributed by atoms with E-state index in [1.54, 1.807) is 28.8 Å². The SMILES string of the molecule is O=C(O)c1cnn(-c2nc3c(ncn3Cc3ccccc3O)c(=O)[nH]2)c1. The summed E-state index contributed by atoms with van der Waals surface area (Å²) in [7, 11) is 0. The minimum absolute atomic E-state index is 0.0320. The van der Waals surface area contributed by atoms with E-state index in [2.05, 4.69) is 20.1 Å². The number of carbonyl (C=O) groups is 1. The van der Waals surface area contributed by atoms with Crippen molar-refractivity contribution in [3.63, 3.8) is 0 Å². The Balaban J connectivity index is 1.81. The number of phenolic OH excluding ortho intramolecular Hbond substituents is 1. The van der Waals surface area contributed by atoms with Crippen LogP contribution in [0.15, 0.2) is 47.8 Å². The number of rotatable bonds is 4. The number of nitrogens with zero attached hydrogens (tertiary/aromatic N) is 5. The molecule has 0 aliphatic carbocycles. The van der Waals surface area contributed by atoms with E-state index in [0.717, 1.165) is 6.20 Å². The number of fused-ring (bicyclic) bond motifs is 1. The maximum absolute atomic E-state index is 12.3. The molecule has 0 unspecified atom stereocenters. The second kappa shape index (κ2) is 5.84. The number of aromatic hydroxyl groups is 1. The molecule has 0 saturated carbocycles. The highest BCUT2D eigenvalue weighted by molar-refractivity contribution is 5.86. The summed E-state index contributed by atoms with van der Waals surface area (Å²) in [5.74, 6) is -0.948. The van der Waals surface area contributed by atoms with Gasteiger partial charge in [-0.1, -0.05) is 18.2 Å². The fourth-order valence-corrected chi connectivity index (χ4v) is 2.54. The van der Waals surface area contributed by atoms with Crippen LogP contribution in [0, 0.1) is 0 Å². The molecule has 0 spiro atoms. The van der Waals surface area contributed by atoms with E-state index in [9.17, 15) is 14.7 Å². The van der Waals surface area contributed by atoms with Crippen LogP contribution < -0.4 is 5.56 Å². The van der Waals surface area contributed by atoms with Gasteiger partial charge in [-0.15, -0.1) is 0 Å². The lowest BCUT2D eigenvalue weighted by Gasteiger charge is -2.06. The summed E-state index contributed by atoms with van der Waals surface area (Å²) >= 11 is 0. The molecule has 4 rings (SSSR count). The molecule has 4 aromatic rings. The Morgan fingerprint density at radius 1 is 1.27 bits per heavy atom. The summed E-state index contributed by atoms with van der Waals surface area (Å²) in [6.45, 7) is 0.262. The van der Waals surface area contributed by atoms with Crippen LogP contribution in [0.1, 0.15) is 15.9 Å². The van der Waals surface area contributed by atoms with Crippen molar-refractivity contribution in [2.75, 3.05) is 0 Å². The molecule has 0 atom stereocenters. The Labute approximate surface area is 145 Å². The highest BCUT2D eigenvalue weighted by Gasteiger charge is 2.14. The van der Waals surface area contributed by atoms with E-state index >= 15 is 0 Å². The largest absolute Gasteiger partial charge is 0.508 e. The van der Waals surface area contributed by atoms with Crippen molar-refractivity contribution in [3.05, 3.63) is 64.5 Å². The van der Waals surface area contributed by atoms with E-state index in [1.165, 1.54) is 17.2 Å². The van der Waals surface area contributed by atoms with Crippen molar-refractivity contribution in [3.8, 4) is 11.7 Å². The summed E-state index contributed by atoms with van der Waals surface area (Å²) in [5.41, 5.74) is 0.556. The number of phenols is 1. The Morgan fingerprint density at radius 2 is 2.08 bits per heavy atom. The van der Waals surface area contributed by atoms with Gasteiger partial charge < -0.3 is 14.8 Å². The van der Waals surface area contributed by atoms with Crippen molar-refractivity contribution < 1.29 is 15.0 Å². The zero-order valence-electron chi connectivity index (χ0n) is 13.2.